The Labute approximate surface area is 128 Å². The van der Waals surface area contributed by atoms with Crippen LogP contribution in [-0.4, -0.2) is 9.91 Å². The van der Waals surface area contributed by atoms with E-state index in [2.05, 4.69) is 20.9 Å². The molecule has 0 radical (unpaired) electrons. The van der Waals surface area contributed by atoms with Gasteiger partial charge in [0.05, 0.1) is 4.92 Å². The van der Waals surface area contributed by atoms with Gasteiger partial charge in [0.1, 0.15) is 5.52 Å². The van der Waals surface area contributed by atoms with Crippen LogP contribution in [0.2, 0.25) is 0 Å². The van der Waals surface area contributed by atoms with Gasteiger partial charge in [0.2, 0.25) is 5.89 Å². The second-order valence-electron chi connectivity index (χ2n) is 4.59. The number of nitro groups is 1. The van der Waals surface area contributed by atoms with E-state index in [1.165, 1.54) is 12.1 Å². The fraction of sp³-hybridized carbons (Fsp3) is 0.133. The summed E-state index contributed by atoms with van der Waals surface area (Å²) in [5.41, 5.74) is 2.76. The van der Waals surface area contributed by atoms with Crippen molar-refractivity contribution < 1.29 is 9.34 Å². The number of non-ortho nitro benzene ring substituents is 1. The number of rotatable bonds is 3. The number of fused-ring (bicyclic) bond motifs is 1. The lowest BCUT2D eigenvalue weighted by atomic mass is 10.1. The molecule has 0 aliphatic rings. The average Bonchev–Trinajstić information content (AvgIpc) is 2.90. The Morgan fingerprint density at radius 2 is 2.14 bits per heavy atom. The second kappa shape index (κ2) is 5.29. The number of aryl methyl sites for hydroxylation is 1. The van der Waals surface area contributed by atoms with Crippen molar-refractivity contribution in [1.29, 1.82) is 0 Å². The molecule has 0 unspecified atom stereocenters. The molecule has 0 aliphatic carbocycles. The first-order valence-electron chi connectivity index (χ1n) is 6.42. The molecule has 21 heavy (non-hydrogen) atoms. The highest BCUT2D eigenvalue weighted by Gasteiger charge is 2.17. The third-order valence-electron chi connectivity index (χ3n) is 3.22. The van der Waals surface area contributed by atoms with E-state index in [4.69, 9.17) is 4.42 Å². The zero-order valence-corrected chi connectivity index (χ0v) is 12.8. The summed E-state index contributed by atoms with van der Waals surface area (Å²) in [7, 11) is 0. The Morgan fingerprint density at radius 1 is 1.33 bits per heavy atom. The number of halogens is 1. The third-order valence-corrected chi connectivity index (χ3v) is 3.71. The minimum Gasteiger partial charge on any atom is -0.436 e. The monoisotopic (exact) mass is 346 g/mol. The highest BCUT2D eigenvalue weighted by atomic mass is 79.9. The summed E-state index contributed by atoms with van der Waals surface area (Å²) in [6.07, 6.45) is 0.644. The van der Waals surface area contributed by atoms with Crippen molar-refractivity contribution in [2.45, 2.75) is 13.3 Å². The summed E-state index contributed by atoms with van der Waals surface area (Å²) in [5, 5.41) is 11.0. The first-order chi connectivity index (χ1) is 10.1. The van der Waals surface area contributed by atoms with Gasteiger partial charge in [-0.1, -0.05) is 28.9 Å². The lowest BCUT2D eigenvalue weighted by Gasteiger charge is -1.97. The van der Waals surface area contributed by atoms with Crippen molar-refractivity contribution in [3.63, 3.8) is 0 Å². The van der Waals surface area contributed by atoms with Gasteiger partial charge >= 0.3 is 0 Å². The summed E-state index contributed by atoms with van der Waals surface area (Å²) in [5.74, 6) is 0.460. The Hall–Kier alpha value is -2.21. The predicted molar refractivity (Wildman–Crippen MR) is 83.2 cm³/mol. The molecule has 0 saturated heterocycles. The van der Waals surface area contributed by atoms with E-state index in [0.717, 1.165) is 15.6 Å². The van der Waals surface area contributed by atoms with Crippen LogP contribution in [0.15, 0.2) is 45.3 Å². The highest BCUT2D eigenvalue weighted by Crippen LogP contribution is 2.31. The molecule has 0 bridgehead atoms. The number of benzene rings is 2. The SMILES string of the molecule is CCc1cc([N+](=O)[O-])cc2nc(-c3cccc(Br)c3)oc12. The fourth-order valence-corrected chi connectivity index (χ4v) is 2.60. The molecule has 3 rings (SSSR count). The molecule has 6 heteroatoms. The zero-order valence-electron chi connectivity index (χ0n) is 11.2. The van der Waals surface area contributed by atoms with Crippen molar-refractivity contribution >= 4 is 32.7 Å². The van der Waals surface area contributed by atoms with Crippen LogP contribution in [0, 0.1) is 10.1 Å². The van der Waals surface area contributed by atoms with Crippen LogP contribution in [-0.2, 0) is 6.42 Å². The van der Waals surface area contributed by atoms with Gasteiger partial charge in [-0.3, -0.25) is 10.1 Å². The van der Waals surface area contributed by atoms with E-state index in [9.17, 15) is 10.1 Å². The lowest BCUT2D eigenvalue weighted by molar-refractivity contribution is -0.384. The maximum atomic E-state index is 11.0. The number of oxazole rings is 1. The van der Waals surface area contributed by atoms with E-state index in [-0.39, 0.29) is 5.69 Å². The van der Waals surface area contributed by atoms with Crippen LogP contribution in [0.3, 0.4) is 0 Å². The molecule has 1 aromatic heterocycles. The quantitative estimate of drug-likeness (QED) is 0.507. The topological polar surface area (TPSA) is 69.2 Å². The molecule has 0 saturated carbocycles. The van der Waals surface area contributed by atoms with Crippen LogP contribution < -0.4 is 0 Å². The molecule has 0 fully saturated rings. The Kier molecular flexibility index (Phi) is 3.47. The summed E-state index contributed by atoms with van der Waals surface area (Å²) < 4.78 is 6.73. The standard InChI is InChI=1S/C15H11BrN2O3/c1-2-9-7-12(18(19)20)8-13-14(9)21-15(17-13)10-4-3-5-11(16)6-10/h3-8H,2H2,1H3. The van der Waals surface area contributed by atoms with Gasteiger partial charge in [-0.2, -0.15) is 0 Å². The van der Waals surface area contributed by atoms with E-state index >= 15 is 0 Å². The van der Waals surface area contributed by atoms with Gasteiger partial charge in [0.25, 0.3) is 5.69 Å². The van der Waals surface area contributed by atoms with Gasteiger partial charge in [-0.15, -0.1) is 0 Å². The van der Waals surface area contributed by atoms with Crippen LogP contribution in [0.5, 0.6) is 0 Å². The fourth-order valence-electron chi connectivity index (χ4n) is 2.20. The van der Waals surface area contributed by atoms with Crippen molar-refractivity contribution in [2.75, 3.05) is 0 Å². The zero-order chi connectivity index (χ0) is 15.0. The molecule has 0 aliphatic heterocycles. The first kappa shape index (κ1) is 13.8. The van der Waals surface area contributed by atoms with Gasteiger partial charge in [-0.25, -0.2) is 4.98 Å². The predicted octanol–water partition coefficient (Wildman–Crippen LogP) is 4.73. The molecule has 5 nitrogen and oxygen atoms in total. The molecule has 0 N–H and O–H groups in total. The molecular formula is C15H11BrN2O3. The van der Waals surface area contributed by atoms with Crippen molar-refractivity contribution in [1.82, 2.24) is 4.98 Å². The number of nitrogens with zero attached hydrogens (tertiary/aromatic N) is 2. The van der Waals surface area contributed by atoms with E-state index in [0.29, 0.717) is 23.4 Å². The Morgan fingerprint density at radius 3 is 2.81 bits per heavy atom. The Bertz CT molecular complexity index is 842. The van der Waals surface area contributed by atoms with E-state index in [1.807, 2.05) is 31.2 Å². The van der Waals surface area contributed by atoms with Gasteiger partial charge in [0, 0.05) is 27.7 Å². The molecule has 2 aromatic carbocycles. The molecular weight excluding hydrogens is 336 g/mol. The molecule has 3 aromatic rings. The van der Waals surface area contributed by atoms with Gasteiger partial charge in [-0.05, 0) is 24.6 Å². The van der Waals surface area contributed by atoms with Gasteiger partial charge in [0.15, 0.2) is 5.58 Å². The average molecular weight is 347 g/mol. The summed E-state index contributed by atoms with van der Waals surface area (Å²) >= 11 is 3.40. The normalized spacial score (nSPS) is 11.0. The molecule has 0 amide bonds. The summed E-state index contributed by atoms with van der Waals surface area (Å²) in [4.78, 5) is 14.9. The highest BCUT2D eigenvalue weighted by molar-refractivity contribution is 9.10. The number of hydrogen-bond donors (Lipinski definition) is 0. The van der Waals surface area contributed by atoms with Crippen LogP contribution in [0.4, 0.5) is 5.69 Å². The van der Waals surface area contributed by atoms with Gasteiger partial charge < -0.3 is 4.42 Å². The molecule has 0 atom stereocenters. The van der Waals surface area contributed by atoms with E-state index < -0.39 is 4.92 Å². The number of hydrogen-bond acceptors (Lipinski definition) is 4. The minimum atomic E-state index is -0.411. The van der Waals surface area contributed by atoms with Crippen LogP contribution in [0.1, 0.15) is 12.5 Å². The van der Waals surface area contributed by atoms with Crippen molar-refractivity contribution in [3.8, 4) is 11.5 Å². The minimum absolute atomic E-state index is 0.0356. The number of nitro benzene ring substituents is 1. The maximum Gasteiger partial charge on any atom is 0.272 e. The third kappa shape index (κ3) is 2.54. The molecule has 106 valence electrons. The van der Waals surface area contributed by atoms with Crippen molar-refractivity contribution in [2.24, 2.45) is 0 Å². The lowest BCUT2D eigenvalue weighted by Crippen LogP contribution is -1.90. The van der Waals surface area contributed by atoms with Crippen LogP contribution >= 0.6 is 15.9 Å². The second-order valence-corrected chi connectivity index (χ2v) is 5.51. The molecule has 1 heterocycles. The smallest absolute Gasteiger partial charge is 0.272 e. The summed E-state index contributed by atoms with van der Waals surface area (Å²) in [6, 6.07) is 10.6. The van der Waals surface area contributed by atoms with Crippen LogP contribution in [0.25, 0.3) is 22.6 Å². The first-order valence-corrected chi connectivity index (χ1v) is 7.21. The largest absolute Gasteiger partial charge is 0.436 e. The van der Waals surface area contributed by atoms with Crippen molar-refractivity contribution in [3.05, 3.63) is 56.5 Å². The summed E-state index contributed by atoms with van der Waals surface area (Å²) in [6.45, 7) is 1.93. The van der Waals surface area contributed by atoms with E-state index in [1.54, 1.807) is 0 Å². The maximum absolute atomic E-state index is 11.0. The Balaban J connectivity index is 2.21. The number of aromatic nitrogens is 1. The molecule has 0 spiro atoms.